The smallest absolute Gasteiger partial charge is 0.323 e. The Hall–Kier alpha value is -2.02. The zero-order chi connectivity index (χ0) is 16.0. The van der Waals surface area contributed by atoms with E-state index in [-0.39, 0.29) is 5.92 Å². The molecule has 0 radical (unpaired) electrons. The first-order chi connectivity index (χ1) is 9.92. The zero-order valence-electron chi connectivity index (χ0n) is 12.3. The molecule has 21 heavy (non-hydrogen) atoms. The van der Waals surface area contributed by atoms with Gasteiger partial charge in [0, 0.05) is 12.0 Å². The molecular weight excluding hydrogens is 279 g/mol. The normalized spacial score (nSPS) is 13.5. The van der Waals surface area contributed by atoms with Crippen molar-refractivity contribution < 1.29 is 18.8 Å². The molecule has 0 amide bonds. The summed E-state index contributed by atoms with van der Waals surface area (Å²) in [6, 6.07) is 3.02. The van der Waals surface area contributed by atoms with Crippen LogP contribution in [0.25, 0.3) is 0 Å². The Morgan fingerprint density at radius 1 is 1.52 bits per heavy atom. The summed E-state index contributed by atoms with van der Waals surface area (Å²) >= 11 is 0. The maximum absolute atomic E-state index is 13.7. The highest BCUT2D eigenvalue weighted by atomic mass is 19.1. The van der Waals surface area contributed by atoms with Gasteiger partial charge in [-0.05, 0) is 24.6 Å². The average Bonchev–Trinajstić information content (AvgIpc) is 2.46. The summed E-state index contributed by atoms with van der Waals surface area (Å²) in [5.41, 5.74) is -0.0841. The van der Waals surface area contributed by atoms with Crippen molar-refractivity contribution in [3.8, 4) is 0 Å². The number of carbonyl (C=O) groups excluding carboxylic acids is 1. The highest BCUT2D eigenvalue weighted by Gasteiger charge is 2.27. The Morgan fingerprint density at radius 3 is 2.67 bits per heavy atom. The number of nitrogens with zero attached hydrogens (tertiary/aromatic N) is 1. The molecule has 2 atom stereocenters. The summed E-state index contributed by atoms with van der Waals surface area (Å²) in [6.07, 6.45) is 0.828. The van der Waals surface area contributed by atoms with Gasteiger partial charge in [-0.25, -0.2) is 0 Å². The second-order valence-corrected chi connectivity index (χ2v) is 4.71. The number of halogens is 1. The summed E-state index contributed by atoms with van der Waals surface area (Å²) in [6.45, 7) is 4.31. The first-order valence-electron chi connectivity index (χ1n) is 6.67. The molecule has 6 nitrogen and oxygen atoms in total. The maximum Gasteiger partial charge on any atom is 0.323 e. The van der Waals surface area contributed by atoms with Crippen LogP contribution in [-0.4, -0.2) is 30.6 Å². The van der Waals surface area contributed by atoms with E-state index >= 15 is 0 Å². The van der Waals surface area contributed by atoms with E-state index in [1.54, 1.807) is 6.92 Å². The topological polar surface area (TPSA) is 81.5 Å². The fraction of sp³-hybridized carbons (Fsp3) is 0.500. The van der Waals surface area contributed by atoms with Crippen LogP contribution >= 0.6 is 0 Å². The van der Waals surface area contributed by atoms with Gasteiger partial charge in [0.05, 0.1) is 12.0 Å². The van der Waals surface area contributed by atoms with Crippen molar-refractivity contribution >= 4 is 11.7 Å². The van der Waals surface area contributed by atoms with Crippen LogP contribution in [0.1, 0.15) is 31.7 Å². The lowest BCUT2D eigenvalue weighted by molar-refractivity contribution is -0.387. The predicted molar refractivity (Wildman–Crippen MR) is 75.6 cm³/mol. The van der Waals surface area contributed by atoms with E-state index in [2.05, 4.69) is 5.32 Å². The molecule has 1 aromatic carbocycles. The number of benzene rings is 1. The van der Waals surface area contributed by atoms with Crippen molar-refractivity contribution in [2.45, 2.75) is 32.2 Å². The van der Waals surface area contributed by atoms with E-state index in [0.717, 1.165) is 18.6 Å². The summed E-state index contributed by atoms with van der Waals surface area (Å²) in [7, 11) is 1.28. The predicted octanol–water partition coefficient (Wildman–Crippen LogP) is 2.38. The van der Waals surface area contributed by atoms with E-state index in [1.165, 1.54) is 13.2 Å². The maximum atomic E-state index is 13.7. The zero-order valence-corrected chi connectivity index (χ0v) is 12.3. The first-order valence-corrected chi connectivity index (χ1v) is 6.67. The highest BCUT2D eigenvalue weighted by Crippen LogP contribution is 2.25. The number of methoxy groups -OCH3 is 1. The van der Waals surface area contributed by atoms with E-state index in [9.17, 15) is 19.3 Å². The van der Waals surface area contributed by atoms with E-state index in [4.69, 9.17) is 4.74 Å². The minimum absolute atomic E-state index is 0.376. The number of ether oxygens (including phenoxy) is 1. The molecule has 1 aromatic rings. The van der Waals surface area contributed by atoms with Crippen LogP contribution in [0.15, 0.2) is 18.2 Å². The molecule has 1 N–H and O–H groups in total. The lowest BCUT2D eigenvalue weighted by atomic mass is 9.92. The number of esters is 1. The first kappa shape index (κ1) is 17.0. The molecule has 0 aromatic heterocycles. The van der Waals surface area contributed by atoms with Gasteiger partial charge in [0.15, 0.2) is 0 Å². The Kier molecular flexibility index (Phi) is 6.23. The quantitative estimate of drug-likeness (QED) is 0.475. The number of carbonyl (C=O) groups is 1. The van der Waals surface area contributed by atoms with Gasteiger partial charge in [-0.1, -0.05) is 19.9 Å². The number of nitro groups is 1. The van der Waals surface area contributed by atoms with Crippen molar-refractivity contribution in [2.24, 2.45) is 0 Å². The van der Waals surface area contributed by atoms with Crippen molar-refractivity contribution in [1.82, 2.24) is 5.32 Å². The summed E-state index contributed by atoms with van der Waals surface area (Å²) in [4.78, 5) is 21.6. The molecule has 0 aliphatic carbocycles. The van der Waals surface area contributed by atoms with Gasteiger partial charge >= 0.3 is 11.7 Å². The number of nitrogens with one attached hydrogen (secondary N) is 1. The molecule has 0 heterocycles. The lowest BCUT2D eigenvalue weighted by Gasteiger charge is -2.23. The standard InChI is InChI=1S/C14H19FN2O4/c1-4-7-16-13(14(18)21-3)9(2)10-5-6-12(17(19)20)11(15)8-10/h5-6,8-9,13,16H,4,7H2,1-3H3/t9-,13+/m0/s1. The lowest BCUT2D eigenvalue weighted by Crippen LogP contribution is -2.42. The van der Waals surface area contributed by atoms with Crippen LogP contribution in [0.4, 0.5) is 10.1 Å². The van der Waals surface area contributed by atoms with Gasteiger partial charge in [-0.2, -0.15) is 4.39 Å². The molecule has 1 rings (SSSR count). The Bertz CT molecular complexity index is 522. The fourth-order valence-corrected chi connectivity index (χ4v) is 2.04. The van der Waals surface area contributed by atoms with Crippen LogP contribution in [0.3, 0.4) is 0 Å². The average molecular weight is 298 g/mol. The van der Waals surface area contributed by atoms with Gasteiger partial charge in [-0.3, -0.25) is 14.9 Å². The Morgan fingerprint density at radius 2 is 2.19 bits per heavy atom. The number of hydrogen-bond donors (Lipinski definition) is 1. The molecule has 0 unspecified atom stereocenters. The fourth-order valence-electron chi connectivity index (χ4n) is 2.04. The molecular formula is C14H19FN2O4. The molecule has 0 bridgehead atoms. The monoisotopic (exact) mass is 298 g/mol. The SMILES string of the molecule is CCCN[C@@H](C(=O)OC)[C@@H](C)c1ccc([N+](=O)[O-])c(F)c1. The van der Waals surface area contributed by atoms with Gasteiger partial charge in [0.25, 0.3) is 0 Å². The largest absolute Gasteiger partial charge is 0.468 e. The van der Waals surface area contributed by atoms with E-state index < -0.39 is 28.4 Å². The minimum Gasteiger partial charge on any atom is -0.468 e. The Labute approximate surface area is 122 Å². The van der Waals surface area contributed by atoms with E-state index in [1.807, 2.05) is 6.92 Å². The summed E-state index contributed by atoms with van der Waals surface area (Å²) in [5, 5.41) is 13.7. The molecule has 7 heteroatoms. The Balaban J connectivity index is 3.02. The van der Waals surface area contributed by atoms with E-state index in [0.29, 0.717) is 12.1 Å². The van der Waals surface area contributed by atoms with Crippen LogP contribution < -0.4 is 5.32 Å². The van der Waals surface area contributed by atoms with Crippen molar-refractivity contribution in [1.29, 1.82) is 0 Å². The highest BCUT2D eigenvalue weighted by molar-refractivity contribution is 5.77. The van der Waals surface area contributed by atoms with Gasteiger partial charge < -0.3 is 10.1 Å². The molecule has 0 aliphatic heterocycles. The summed E-state index contributed by atoms with van der Waals surface area (Å²) < 4.78 is 18.4. The third-order valence-electron chi connectivity index (χ3n) is 3.26. The summed E-state index contributed by atoms with van der Waals surface area (Å²) in [5.74, 6) is -1.74. The van der Waals surface area contributed by atoms with Crippen LogP contribution in [0.2, 0.25) is 0 Å². The molecule has 0 aliphatic rings. The molecule has 0 saturated heterocycles. The van der Waals surface area contributed by atoms with Crippen molar-refractivity contribution in [2.75, 3.05) is 13.7 Å². The van der Waals surface area contributed by atoms with Crippen molar-refractivity contribution in [3.63, 3.8) is 0 Å². The molecule has 0 saturated carbocycles. The van der Waals surface area contributed by atoms with Gasteiger partial charge in [-0.15, -0.1) is 0 Å². The number of nitro benzene ring substituents is 1. The van der Waals surface area contributed by atoms with Gasteiger partial charge in [0.1, 0.15) is 6.04 Å². The number of hydrogen-bond acceptors (Lipinski definition) is 5. The molecule has 116 valence electrons. The second kappa shape index (κ2) is 7.68. The molecule has 0 fully saturated rings. The minimum atomic E-state index is -0.913. The molecule has 0 spiro atoms. The third kappa shape index (κ3) is 4.22. The van der Waals surface area contributed by atoms with Gasteiger partial charge in [0.2, 0.25) is 5.82 Å². The van der Waals surface area contributed by atoms with Crippen LogP contribution in [-0.2, 0) is 9.53 Å². The van der Waals surface area contributed by atoms with Crippen LogP contribution in [0.5, 0.6) is 0 Å². The van der Waals surface area contributed by atoms with Crippen molar-refractivity contribution in [3.05, 3.63) is 39.7 Å². The van der Waals surface area contributed by atoms with Crippen LogP contribution in [0, 0.1) is 15.9 Å². The number of rotatable bonds is 7. The third-order valence-corrected chi connectivity index (χ3v) is 3.26. The second-order valence-electron chi connectivity index (χ2n) is 4.71.